The van der Waals surface area contributed by atoms with E-state index < -0.39 is 97.5 Å². The number of ether oxygens (including phenoxy) is 4. The summed E-state index contributed by atoms with van der Waals surface area (Å²) in [6, 6.07) is 0. The average Bonchev–Trinajstić information content (AvgIpc) is 2.37. The van der Waals surface area contributed by atoms with E-state index in [1.165, 1.54) is 180 Å². The van der Waals surface area contributed by atoms with Crippen molar-refractivity contribution < 1.29 is 80.2 Å². The summed E-state index contributed by atoms with van der Waals surface area (Å²) < 4.78 is 68.5. The largest absolute Gasteiger partial charge is 0.472 e. The number of aliphatic hydroxyl groups excluding tert-OH is 1. The molecule has 0 aromatic rings. The Bertz CT molecular complexity index is 1850. The fourth-order valence-electron chi connectivity index (χ4n) is 11.4. The quantitative estimate of drug-likeness (QED) is 0.0222. The number of unbranched alkanes of at least 4 members (excludes halogenated alkanes) is 38. The molecule has 0 fully saturated rings. The van der Waals surface area contributed by atoms with Crippen LogP contribution in [0.15, 0.2) is 0 Å². The lowest BCUT2D eigenvalue weighted by Gasteiger charge is -2.21. The second kappa shape index (κ2) is 64.4. The Hall–Kier alpha value is -1.94. The minimum atomic E-state index is -4.96. The van der Waals surface area contributed by atoms with Crippen molar-refractivity contribution in [1.82, 2.24) is 0 Å². The van der Waals surface area contributed by atoms with Gasteiger partial charge in [0.2, 0.25) is 0 Å². The number of phosphoric acid groups is 2. The number of phosphoric ester groups is 2. The Morgan fingerprint density at radius 1 is 0.266 bits per heavy atom. The van der Waals surface area contributed by atoms with Crippen molar-refractivity contribution in [2.45, 2.75) is 395 Å². The number of carbonyl (C=O) groups is 4. The average molecular weight is 1380 g/mol. The highest BCUT2D eigenvalue weighted by Crippen LogP contribution is 2.45. The molecule has 17 nitrogen and oxygen atoms in total. The van der Waals surface area contributed by atoms with E-state index in [1.54, 1.807) is 0 Å². The molecule has 94 heavy (non-hydrogen) atoms. The van der Waals surface area contributed by atoms with E-state index in [0.717, 1.165) is 114 Å². The second-order valence-corrected chi connectivity index (χ2v) is 31.9. The molecular weight excluding hydrogens is 1230 g/mol. The number of carbonyl (C=O) groups excluding carboxylic acids is 4. The number of aliphatic hydroxyl groups is 1. The summed E-state index contributed by atoms with van der Waals surface area (Å²) in [5.74, 6) is 0.915. The summed E-state index contributed by atoms with van der Waals surface area (Å²) in [5, 5.41) is 10.6. The van der Waals surface area contributed by atoms with E-state index >= 15 is 0 Å². The minimum Gasteiger partial charge on any atom is -0.462 e. The number of rotatable bonds is 72. The molecule has 0 saturated carbocycles. The van der Waals surface area contributed by atoms with Crippen LogP contribution in [0.4, 0.5) is 0 Å². The van der Waals surface area contributed by atoms with Gasteiger partial charge in [0.15, 0.2) is 12.2 Å². The molecule has 0 aromatic heterocycles. The van der Waals surface area contributed by atoms with Crippen molar-refractivity contribution in [3.8, 4) is 0 Å². The summed E-state index contributed by atoms with van der Waals surface area (Å²) in [6.07, 6.45) is 48.5. The van der Waals surface area contributed by atoms with Crippen LogP contribution in [0.25, 0.3) is 0 Å². The Labute approximate surface area is 575 Å². The molecule has 0 aromatic carbocycles. The summed E-state index contributed by atoms with van der Waals surface area (Å²) in [4.78, 5) is 72.8. The molecule has 0 aliphatic rings. The fraction of sp³-hybridized carbons (Fsp3) is 0.947. The van der Waals surface area contributed by atoms with E-state index in [2.05, 4.69) is 55.4 Å². The predicted octanol–water partition coefficient (Wildman–Crippen LogP) is 21.7. The van der Waals surface area contributed by atoms with Gasteiger partial charge in [-0.05, 0) is 49.4 Å². The van der Waals surface area contributed by atoms with Gasteiger partial charge in [-0.2, -0.15) is 0 Å². The molecule has 558 valence electrons. The Morgan fingerprint density at radius 2 is 0.447 bits per heavy atom. The first-order valence-electron chi connectivity index (χ1n) is 38.7. The lowest BCUT2D eigenvalue weighted by Crippen LogP contribution is -2.30. The maximum atomic E-state index is 13.1. The molecule has 0 heterocycles. The predicted molar refractivity (Wildman–Crippen MR) is 381 cm³/mol. The van der Waals surface area contributed by atoms with E-state index in [0.29, 0.717) is 25.7 Å². The highest BCUT2D eigenvalue weighted by Gasteiger charge is 2.30. The van der Waals surface area contributed by atoms with Gasteiger partial charge in [-0.1, -0.05) is 325 Å². The minimum absolute atomic E-state index is 0.105. The van der Waals surface area contributed by atoms with Crippen LogP contribution in [-0.4, -0.2) is 96.7 Å². The molecule has 0 bridgehead atoms. The van der Waals surface area contributed by atoms with Crippen LogP contribution in [0.5, 0.6) is 0 Å². The number of esters is 4. The number of hydrogen-bond acceptors (Lipinski definition) is 15. The Balaban J connectivity index is 5.27. The zero-order chi connectivity index (χ0) is 69.6. The third-order valence-corrected chi connectivity index (χ3v) is 19.2. The maximum Gasteiger partial charge on any atom is 0.472 e. The van der Waals surface area contributed by atoms with Crippen LogP contribution in [0.1, 0.15) is 376 Å². The summed E-state index contributed by atoms with van der Waals surface area (Å²) in [7, 11) is -9.91. The molecule has 5 atom stereocenters. The molecule has 0 saturated heterocycles. The Morgan fingerprint density at radius 3 is 0.660 bits per heavy atom. The SMILES string of the molecule is CC(C)CCCCCCCCCCCCCCCC(=O)O[C@H](COC(=O)CCCCCCCCCCCCC(C)C)COP(=O)(O)OCC(O)COP(=O)(O)OC[C@@H](COC(=O)CCCCCCCCCCC(C)C)OC(=O)CCCCCCCCCCCCCC(C)C. The van der Waals surface area contributed by atoms with Crippen LogP contribution >= 0.6 is 15.6 Å². The molecule has 0 rings (SSSR count). The molecular formula is C75H146O17P2. The first kappa shape index (κ1) is 92.1. The van der Waals surface area contributed by atoms with E-state index in [1.807, 2.05) is 0 Å². The third-order valence-electron chi connectivity index (χ3n) is 17.3. The zero-order valence-corrected chi connectivity index (χ0v) is 63.4. The van der Waals surface area contributed by atoms with Gasteiger partial charge in [0.1, 0.15) is 19.3 Å². The molecule has 0 aliphatic heterocycles. The van der Waals surface area contributed by atoms with Crippen LogP contribution in [0, 0.1) is 23.7 Å². The molecule has 0 amide bonds. The molecule has 19 heteroatoms. The van der Waals surface area contributed by atoms with Gasteiger partial charge in [-0.15, -0.1) is 0 Å². The van der Waals surface area contributed by atoms with Crippen molar-refractivity contribution in [3.05, 3.63) is 0 Å². The van der Waals surface area contributed by atoms with Crippen LogP contribution in [0.3, 0.4) is 0 Å². The van der Waals surface area contributed by atoms with Gasteiger partial charge in [0.05, 0.1) is 26.4 Å². The normalized spacial score (nSPS) is 14.2. The van der Waals surface area contributed by atoms with Crippen LogP contribution < -0.4 is 0 Å². The highest BCUT2D eigenvalue weighted by molar-refractivity contribution is 7.47. The molecule has 0 radical (unpaired) electrons. The Kier molecular flexibility index (Phi) is 63.1. The third kappa shape index (κ3) is 68.6. The maximum absolute atomic E-state index is 13.1. The molecule has 0 spiro atoms. The van der Waals surface area contributed by atoms with Crippen molar-refractivity contribution in [3.63, 3.8) is 0 Å². The zero-order valence-electron chi connectivity index (χ0n) is 61.6. The highest BCUT2D eigenvalue weighted by atomic mass is 31.2. The van der Waals surface area contributed by atoms with Gasteiger partial charge in [-0.25, -0.2) is 9.13 Å². The van der Waals surface area contributed by atoms with Gasteiger partial charge in [0.25, 0.3) is 0 Å². The summed E-state index contributed by atoms with van der Waals surface area (Å²) >= 11 is 0. The van der Waals surface area contributed by atoms with Crippen LogP contribution in [-0.2, 0) is 65.4 Å². The molecule has 3 unspecified atom stereocenters. The monoisotopic (exact) mass is 1380 g/mol. The smallest absolute Gasteiger partial charge is 0.462 e. The van der Waals surface area contributed by atoms with Gasteiger partial charge < -0.3 is 33.8 Å². The number of hydrogen-bond donors (Lipinski definition) is 3. The fourth-order valence-corrected chi connectivity index (χ4v) is 13.0. The van der Waals surface area contributed by atoms with Crippen molar-refractivity contribution in [2.24, 2.45) is 23.7 Å². The van der Waals surface area contributed by atoms with E-state index in [-0.39, 0.29) is 25.7 Å². The van der Waals surface area contributed by atoms with Crippen molar-refractivity contribution in [1.29, 1.82) is 0 Å². The van der Waals surface area contributed by atoms with E-state index in [4.69, 9.17) is 37.0 Å². The standard InChI is InChI=1S/C75H146O17P2/c1-65(2)51-43-35-27-19-13-10-9-11-15-23-33-41-49-57-74(79)91-70(61-85-72(77)55-47-39-31-22-18-17-21-29-37-45-53-67(5)6)63-89-93(81,82)87-59-69(76)60-88-94(83,84)90-64-71(62-86-73(78)56-48-40-32-26-25-30-38-46-54-68(7)8)92-75(80)58-50-42-34-24-16-12-14-20-28-36-44-52-66(3)4/h65-71,76H,9-64H2,1-8H3,(H,81,82)(H,83,84)/t69?,70-,71-/m1/s1. The van der Waals surface area contributed by atoms with Crippen molar-refractivity contribution in [2.75, 3.05) is 39.6 Å². The van der Waals surface area contributed by atoms with Crippen LogP contribution in [0.2, 0.25) is 0 Å². The van der Waals surface area contributed by atoms with Crippen molar-refractivity contribution >= 4 is 39.5 Å². The van der Waals surface area contributed by atoms with Gasteiger partial charge >= 0.3 is 39.5 Å². The lowest BCUT2D eigenvalue weighted by atomic mass is 10.0. The summed E-state index contributed by atoms with van der Waals surface area (Å²) in [5.41, 5.74) is 0. The van der Waals surface area contributed by atoms with Gasteiger partial charge in [-0.3, -0.25) is 37.3 Å². The molecule has 3 N–H and O–H groups in total. The molecule has 0 aliphatic carbocycles. The topological polar surface area (TPSA) is 237 Å². The van der Waals surface area contributed by atoms with E-state index in [9.17, 15) is 43.2 Å². The summed E-state index contributed by atoms with van der Waals surface area (Å²) in [6.45, 7) is 14.2. The second-order valence-electron chi connectivity index (χ2n) is 28.9. The first-order valence-corrected chi connectivity index (χ1v) is 41.7. The lowest BCUT2D eigenvalue weighted by molar-refractivity contribution is -0.161. The van der Waals surface area contributed by atoms with Gasteiger partial charge in [0, 0.05) is 25.7 Å². The first-order chi connectivity index (χ1) is 45.1.